The van der Waals surface area contributed by atoms with Crippen LogP contribution in [0.4, 0.5) is 0 Å². The first kappa shape index (κ1) is 20.6. The van der Waals surface area contributed by atoms with Crippen molar-refractivity contribution in [3.63, 3.8) is 0 Å². The van der Waals surface area contributed by atoms with Gasteiger partial charge in [0, 0.05) is 25.6 Å². The van der Waals surface area contributed by atoms with Gasteiger partial charge in [0.25, 0.3) is 0 Å². The van der Waals surface area contributed by atoms with Crippen molar-refractivity contribution in [2.45, 2.75) is 51.1 Å². The van der Waals surface area contributed by atoms with Crippen LogP contribution in [-0.2, 0) is 11.2 Å². The molecule has 0 saturated carbocycles. The van der Waals surface area contributed by atoms with Crippen LogP contribution in [0.3, 0.4) is 0 Å². The molecule has 0 bridgehead atoms. The molecule has 3 rings (SSSR count). The number of benzene rings is 2. The Morgan fingerprint density at radius 2 is 1.93 bits per heavy atom. The van der Waals surface area contributed by atoms with Crippen molar-refractivity contribution < 1.29 is 9.90 Å². The van der Waals surface area contributed by atoms with Crippen molar-refractivity contribution >= 4 is 5.91 Å². The molecular formula is C24H32N2O2. The first-order valence-electron chi connectivity index (χ1n) is 10.5. The fraction of sp³-hybridized carbons (Fsp3) is 0.458. The summed E-state index contributed by atoms with van der Waals surface area (Å²) in [7, 11) is 0. The van der Waals surface area contributed by atoms with E-state index in [1.807, 2.05) is 23.1 Å². The lowest BCUT2D eigenvalue weighted by molar-refractivity contribution is -0.133. The molecule has 0 aromatic heterocycles. The zero-order valence-corrected chi connectivity index (χ0v) is 16.8. The Hall–Kier alpha value is -2.17. The van der Waals surface area contributed by atoms with Crippen LogP contribution in [0.15, 0.2) is 54.6 Å². The first-order valence-corrected chi connectivity index (χ1v) is 10.5. The van der Waals surface area contributed by atoms with E-state index >= 15 is 0 Å². The standard InChI is InChI=1S/C24H32N2O2/c1-2-3-12-21(18-27)25-16-14-23(28)26-17-15-19-9-7-8-13-22(19)24(26)20-10-5-4-6-11-20/h4-11,13,21,24-25,27H,2-3,12,14-18H2,1H3/t21-,24+/m1/s1. The third-order valence-electron chi connectivity index (χ3n) is 5.62. The number of nitrogens with one attached hydrogen (secondary N) is 1. The number of fused-ring (bicyclic) bond motifs is 1. The molecular weight excluding hydrogens is 348 g/mol. The van der Waals surface area contributed by atoms with Gasteiger partial charge >= 0.3 is 0 Å². The predicted molar refractivity (Wildman–Crippen MR) is 113 cm³/mol. The Morgan fingerprint density at radius 3 is 2.68 bits per heavy atom. The quantitative estimate of drug-likeness (QED) is 0.698. The molecule has 2 aromatic rings. The number of aliphatic hydroxyl groups excluding tert-OH is 1. The molecule has 4 nitrogen and oxygen atoms in total. The maximum atomic E-state index is 13.1. The molecule has 150 valence electrons. The molecule has 0 radical (unpaired) electrons. The maximum absolute atomic E-state index is 13.1. The summed E-state index contributed by atoms with van der Waals surface area (Å²) in [5, 5.41) is 12.9. The highest BCUT2D eigenvalue weighted by Crippen LogP contribution is 2.35. The summed E-state index contributed by atoms with van der Waals surface area (Å²) in [5.41, 5.74) is 3.73. The van der Waals surface area contributed by atoms with Crippen LogP contribution < -0.4 is 5.32 Å². The molecule has 0 spiro atoms. The fourth-order valence-corrected chi connectivity index (χ4v) is 4.07. The molecule has 0 unspecified atom stereocenters. The van der Waals surface area contributed by atoms with Gasteiger partial charge in [-0.1, -0.05) is 74.4 Å². The zero-order chi connectivity index (χ0) is 19.8. The minimum atomic E-state index is -0.0209. The van der Waals surface area contributed by atoms with Gasteiger partial charge in [-0.3, -0.25) is 4.79 Å². The summed E-state index contributed by atoms with van der Waals surface area (Å²) in [4.78, 5) is 15.1. The van der Waals surface area contributed by atoms with Gasteiger partial charge in [0.1, 0.15) is 0 Å². The van der Waals surface area contributed by atoms with Gasteiger partial charge in [0.2, 0.25) is 5.91 Å². The molecule has 0 saturated heterocycles. The van der Waals surface area contributed by atoms with Crippen molar-refractivity contribution in [3.05, 3.63) is 71.3 Å². The number of carbonyl (C=O) groups is 1. The number of rotatable bonds is 9. The lowest BCUT2D eigenvalue weighted by Gasteiger charge is -2.38. The summed E-state index contributed by atoms with van der Waals surface area (Å²) < 4.78 is 0. The highest BCUT2D eigenvalue weighted by atomic mass is 16.3. The molecule has 1 aliphatic rings. The topological polar surface area (TPSA) is 52.6 Å². The van der Waals surface area contributed by atoms with Crippen LogP contribution in [0.5, 0.6) is 0 Å². The Labute approximate surface area is 168 Å². The lowest BCUT2D eigenvalue weighted by atomic mass is 9.88. The minimum absolute atomic E-state index is 0.0209. The largest absolute Gasteiger partial charge is 0.395 e. The number of nitrogens with zero attached hydrogens (tertiary/aromatic N) is 1. The predicted octanol–water partition coefficient (Wildman–Crippen LogP) is 3.69. The smallest absolute Gasteiger partial charge is 0.224 e. The third kappa shape index (κ3) is 5.00. The lowest BCUT2D eigenvalue weighted by Crippen LogP contribution is -2.42. The van der Waals surface area contributed by atoms with Gasteiger partial charge in [0.15, 0.2) is 0 Å². The molecule has 4 heteroatoms. The Morgan fingerprint density at radius 1 is 1.18 bits per heavy atom. The van der Waals surface area contributed by atoms with Crippen molar-refractivity contribution in [3.8, 4) is 0 Å². The summed E-state index contributed by atoms with van der Waals surface area (Å²) in [6, 6.07) is 18.8. The average Bonchev–Trinajstić information content (AvgIpc) is 2.75. The molecule has 2 aromatic carbocycles. The summed E-state index contributed by atoms with van der Waals surface area (Å²) in [6.07, 6.45) is 4.50. The van der Waals surface area contributed by atoms with Crippen LogP contribution in [0.1, 0.15) is 55.3 Å². The Balaban J connectivity index is 1.70. The highest BCUT2D eigenvalue weighted by molar-refractivity contribution is 5.78. The van der Waals surface area contributed by atoms with E-state index < -0.39 is 0 Å². The average molecular weight is 381 g/mol. The number of carbonyl (C=O) groups excluding carboxylic acids is 1. The van der Waals surface area contributed by atoms with Gasteiger partial charge in [-0.2, -0.15) is 0 Å². The molecule has 1 amide bonds. The van der Waals surface area contributed by atoms with Gasteiger partial charge in [-0.25, -0.2) is 0 Å². The summed E-state index contributed by atoms with van der Waals surface area (Å²) >= 11 is 0. The van der Waals surface area contributed by atoms with Crippen LogP contribution in [0.2, 0.25) is 0 Å². The molecule has 0 aliphatic carbocycles. The van der Waals surface area contributed by atoms with Crippen molar-refractivity contribution in [1.82, 2.24) is 10.2 Å². The second-order valence-corrected chi connectivity index (χ2v) is 7.58. The van der Waals surface area contributed by atoms with Crippen molar-refractivity contribution in [1.29, 1.82) is 0 Å². The van der Waals surface area contributed by atoms with Crippen molar-refractivity contribution in [2.24, 2.45) is 0 Å². The molecule has 1 heterocycles. The summed E-state index contributed by atoms with van der Waals surface area (Å²) in [6.45, 7) is 3.62. The second kappa shape index (κ2) is 10.4. The van der Waals surface area contributed by atoms with E-state index in [-0.39, 0.29) is 24.6 Å². The number of amides is 1. The number of unbranched alkanes of at least 4 members (excludes halogenated alkanes) is 1. The normalized spacial score (nSPS) is 17.2. The SMILES string of the molecule is CCCC[C@H](CO)NCCC(=O)N1CCc2ccccc2[C@@H]1c1ccccc1. The zero-order valence-electron chi connectivity index (χ0n) is 16.8. The van der Waals surface area contributed by atoms with E-state index in [4.69, 9.17) is 0 Å². The molecule has 0 fully saturated rings. The van der Waals surface area contributed by atoms with Crippen LogP contribution in [-0.4, -0.2) is 41.7 Å². The van der Waals surface area contributed by atoms with Crippen LogP contribution >= 0.6 is 0 Å². The van der Waals surface area contributed by atoms with Gasteiger partial charge in [-0.15, -0.1) is 0 Å². The summed E-state index contributed by atoms with van der Waals surface area (Å²) in [5.74, 6) is 0.169. The van der Waals surface area contributed by atoms with E-state index in [1.165, 1.54) is 11.1 Å². The second-order valence-electron chi connectivity index (χ2n) is 7.58. The molecule has 2 N–H and O–H groups in total. The van der Waals surface area contributed by atoms with E-state index in [2.05, 4.69) is 48.6 Å². The van der Waals surface area contributed by atoms with Gasteiger partial charge in [0.05, 0.1) is 12.6 Å². The highest BCUT2D eigenvalue weighted by Gasteiger charge is 2.31. The maximum Gasteiger partial charge on any atom is 0.224 e. The van der Waals surface area contributed by atoms with E-state index in [0.29, 0.717) is 13.0 Å². The fourth-order valence-electron chi connectivity index (χ4n) is 4.07. The monoisotopic (exact) mass is 380 g/mol. The molecule has 1 aliphatic heterocycles. The Kier molecular flexibility index (Phi) is 7.63. The molecule has 28 heavy (non-hydrogen) atoms. The third-order valence-corrected chi connectivity index (χ3v) is 5.62. The minimum Gasteiger partial charge on any atom is -0.395 e. The molecule has 2 atom stereocenters. The van der Waals surface area contributed by atoms with Crippen molar-refractivity contribution in [2.75, 3.05) is 19.7 Å². The number of hydrogen-bond donors (Lipinski definition) is 2. The van der Waals surface area contributed by atoms with E-state index in [0.717, 1.165) is 37.8 Å². The van der Waals surface area contributed by atoms with E-state index in [9.17, 15) is 9.90 Å². The van der Waals surface area contributed by atoms with Crippen LogP contribution in [0, 0.1) is 0 Å². The number of aliphatic hydroxyl groups is 1. The Bertz CT molecular complexity index is 747. The van der Waals surface area contributed by atoms with E-state index in [1.54, 1.807) is 0 Å². The first-order chi connectivity index (χ1) is 13.7. The van der Waals surface area contributed by atoms with Crippen LogP contribution in [0.25, 0.3) is 0 Å². The van der Waals surface area contributed by atoms with Gasteiger partial charge < -0.3 is 15.3 Å². The number of hydrogen-bond acceptors (Lipinski definition) is 3. The van der Waals surface area contributed by atoms with Gasteiger partial charge in [-0.05, 0) is 29.5 Å².